The molecule has 0 aromatic heterocycles. The smallest absolute Gasteiger partial charge is 0.193 e. The van der Waals surface area contributed by atoms with Gasteiger partial charge in [-0.3, -0.25) is 4.99 Å². The lowest BCUT2D eigenvalue weighted by Gasteiger charge is -2.22. The van der Waals surface area contributed by atoms with Crippen molar-refractivity contribution in [1.82, 2.24) is 10.2 Å². The Hall–Kier alpha value is -1.08. The first kappa shape index (κ1) is 22.9. The van der Waals surface area contributed by atoms with Crippen LogP contribution in [-0.4, -0.2) is 38.6 Å². The molecule has 0 aliphatic heterocycles. The zero-order valence-electron chi connectivity index (χ0n) is 15.3. The highest BCUT2D eigenvalue weighted by atomic mass is 127. The fourth-order valence-electron chi connectivity index (χ4n) is 2.51. The van der Waals surface area contributed by atoms with E-state index < -0.39 is 0 Å². The van der Waals surface area contributed by atoms with E-state index in [1.165, 1.54) is 30.4 Å². The second kappa shape index (κ2) is 14.3. The van der Waals surface area contributed by atoms with Crippen LogP contribution in [0.25, 0.3) is 0 Å². The van der Waals surface area contributed by atoms with Crippen molar-refractivity contribution in [2.75, 3.05) is 27.7 Å². The van der Waals surface area contributed by atoms with Crippen molar-refractivity contribution in [1.29, 1.82) is 0 Å². The minimum Gasteiger partial charge on any atom is -0.380 e. The fourth-order valence-corrected chi connectivity index (χ4v) is 2.51. The monoisotopic (exact) mass is 445 g/mol. The molecule has 0 saturated carbocycles. The normalized spacial score (nSPS) is 10.9. The number of rotatable bonds is 10. The number of nitrogens with zero attached hydrogens (tertiary/aromatic N) is 2. The number of methoxy groups -OCH3 is 1. The van der Waals surface area contributed by atoms with Crippen molar-refractivity contribution in [3.8, 4) is 0 Å². The topological polar surface area (TPSA) is 36.9 Å². The van der Waals surface area contributed by atoms with Gasteiger partial charge in [-0.15, -0.1) is 30.6 Å². The highest BCUT2D eigenvalue weighted by Gasteiger charge is 2.07. The number of nitrogens with one attached hydrogen (secondary N) is 1. The Kier molecular flexibility index (Phi) is 13.6. The lowest BCUT2D eigenvalue weighted by atomic mass is 10.1. The van der Waals surface area contributed by atoms with E-state index in [9.17, 15) is 0 Å². The minimum atomic E-state index is 0. The van der Waals surface area contributed by atoms with Crippen molar-refractivity contribution in [2.24, 2.45) is 4.99 Å². The number of aliphatic imine (C=N–C) groups is 1. The number of hydrogen-bond donors (Lipinski definition) is 1. The Bertz CT molecular complexity index is 491. The molecule has 0 spiro atoms. The van der Waals surface area contributed by atoms with Gasteiger partial charge in [0.1, 0.15) is 0 Å². The Morgan fingerprint density at radius 2 is 1.96 bits per heavy atom. The molecular weight excluding hydrogens is 413 g/mol. The molecule has 5 heteroatoms. The number of ether oxygens (including phenoxy) is 1. The van der Waals surface area contributed by atoms with E-state index >= 15 is 0 Å². The van der Waals surface area contributed by atoms with Gasteiger partial charge < -0.3 is 15.0 Å². The van der Waals surface area contributed by atoms with Gasteiger partial charge >= 0.3 is 0 Å². The zero-order valence-corrected chi connectivity index (χ0v) is 17.6. The van der Waals surface area contributed by atoms with Crippen LogP contribution in [0.4, 0.5) is 0 Å². The molecule has 0 bridgehead atoms. The third-order valence-electron chi connectivity index (χ3n) is 3.83. The summed E-state index contributed by atoms with van der Waals surface area (Å²) in [5.74, 6) is 0.931. The average Bonchev–Trinajstić information content (AvgIpc) is 2.57. The summed E-state index contributed by atoms with van der Waals surface area (Å²) in [6.07, 6.45) is 6.71. The summed E-state index contributed by atoms with van der Waals surface area (Å²) in [4.78, 5) is 6.57. The Morgan fingerprint density at radius 1 is 1.25 bits per heavy atom. The van der Waals surface area contributed by atoms with E-state index in [-0.39, 0.29) is 24.0 Å². The Morgan fingerprint density at radius 3 is 2.58 bits per heavy atom. The lowest BCUT2D eigenvalue weighted by Crippen LogP contribution is -2.39. The summed E-state index contributed by atoms with van der Waals surface area (Å²) in [5.41, 5.74) is 2.46. The predicted octanol–water partition coefficient (Wildman–Crippen LogP) is 4.20. The molecule has 0 fully saturated rings. The van der Waals surface area contributed by atoms with Crippen LogP contribution in [0, 0.1) is 0 Å². The van der Waals surface area contributed by atoms with Crippen LogP contribution in [0.15, 0.2) is 41.9 Å². The quantitative estimate of drug-likeness (QED) is 0.193. The van der Waals surface area contributed by atoms with Crippen LogP contribution in [-0.2, 0) is 17.9 Å². The van der Waals surface area contributed by atoms with Gasteiger partial charge in [0.15, 0.2) is 5.96 Å². The number of benzene rings is 1. The van der Waals surface area contributed by atoms with Crippen LogP contribution in [0.3, 0.4) is 0 Å². The van der Waals surface area contributed by atoms with Gasteiger partial charge in [0.05, 0.1) is 6.61 Å². The second-order valence-electron chi connectivity index (χ2n) is 5.66. The molecule has 0 unspecified atom stereocenters. The molecule has 24 heavy (non-hydrogen) atoms. The number of guanidine groups is 1. The standard InChI is InChI=1S/C19H31N3O.HI/c1-5-6-7-8-11-14-22(3)19(20-2)21-15-17-12-9-10-13-18(17)16-23-4;/h5,9-10,12-13H,1,6-8,11,14-16H2,2-4H3,(H,20,21);1H. The van der Waals surface area contributed by atoms with Gasteiger partial charge in [-0.2, -0.15) is 0 Å². The Labute approximate surface area is 164 Å². The first-order valence-corrected chi connectivity index (χ1v) is 8.31. The molecule has 0 aliphatic rings. The van der Waals surface area contributed by atoms with Crippen LogP contribution >= 0.6 is 24.0 Å². The third kappa shape index (κ3) is 8.68. The molecule has 0 radical (unpaired) electrons. The van der Waals surface area contributed by atoms with Crippen molar-refractivity contribution < 1.29 is 4.74 Å². The number of allylic oxidation sites excluding steroid dienone is 1. The maximum Gasteiger partial charge on any atom is 0.193 e. The molecule has 0 aliphatic carbocycles. The average molecular weight is 445 g/mol. The summed E-state index contributed by atoms with van der Waals surface area (Å²) < 4.78 is 5.26. The molecule has 0 saturated heterocycles. The van der Waals surface area contributed by atoms with E-state index in [2.05, 4.69) is 47.0 Å². The van der Waals surface area contributed by atoms with E-state index in [1.54, 1.807) is 7.11 Å². The van der Waals surface area contributed by atoms with Crippen molar-refractivity contribution in [2.45, 2.75) is 38.8 Å². The van der Waals surface area contributed by atoms with E-state index in [0.29, 0.717) is 6.61 Å². The predicted molar refractivity (Wildman–Crippen MR) is 114 cm³/mol. The van der Waals surface area contributed by atoms with Gasteiger partial charge in [-0.05, 0) is 30.4 Å². The lowest BCUT2D eigenvalue weighted by molar-refractivity contribution is 0.184. The number of hydrogen-bond acceptors (Lipinski definition) is 2. The summed E-state index contributed by atoms with van der Waals surface area (Å²) >= 11 is 0. The fraction of sp³-hybridized carbons (Fsp3) is 0.526. The first-order valence-electron chi connectivity index (χ1n) is 8.31. The molecule has 0 amide bonds. The molecule has 4 nitrogen and oxygen atoms in total. The van der Waals surface area contributed by atoms with Crippen LogP contribution in [0.2, 0.25) is 0 Å². The van der Waals surface area contributed by atoms with Gasteiger partial charge in [0, 0.05) is 34.3 Å². The van der Waals surface area contributed by atoms with Crippen LogP contribution in [0.5, 0.6) is 0 Å². The Balaban J connectivity index is 0.00000529. The van der Waals surface area contributed by atoms with Gasteiger partial charge in [-0.1, -0.05) is 36.8 Å². The molecule has 1 rings (SSSR count). The molecular formula is C19H32IN3O. The molecule has 0 heterocycles. The van der Waals surface area contributed by atoms with Gasteiger partial charge in [0.25, 0.3) is 0 Å². The van der Waals surface area contributed by atoms with Gasteiger partial charge in [-0.25, -0.2) is 0 Å². The zero-order chi connectivity index (χ0) is 16.9. The van der Waals surface area contributed by atoms with E-state index in [1.807, 2.05) is 19.2 Å². The first-order chi connectivity index (χ1) is 11.2. The van der Waals surface area contributed by atoms with E-state index in [4.69, 9.17) is 4.74 Å². The molecule has 1 N–H and O–H groups in total. The highest BCUT2D eigenvalue weighted by Crippen LogP contribution is 2.10. The molecule has 0 atom stereocenters. The van der Waals surface area contributed by atoms with Crippen molar-refractivity contribution in [3.05, 3.63) is 48.0 Å². The maximum absolute atomic E-state index is 5.26. The number of unbranched alkanes of at least 4 members (excludes halogenated alkanes) is 3. The number of halogens is 1. The summed E-state index contributed by atoms with van der Waals surface area (Å²) in [7, 11) is 5.64. The maximum atomic E-state index is 5.26. The van der Waals surface area contributed by atoms with Crippen LogP contribution < -0.4 is 5.32 Å². The van der Waals surface area contributed by atoms with Crippen molar-refractivity contribution in [3.63, 3.8) is 0 Å². The molecule has 1 aromatic rings. The van der Waals surface area contributed by atoms with Crippen molar-refractivity contribution >= 4 is 29.9 Å². The summed E-state index contributed by atoms with van der Waals surface area (Å²) in [5, 5.41) is 3.44. The van der Waals surface area contributed by atoms with E-state index in [0.717, 1.165) is 25.5 Å². The summed E-state index contributed by atoms with van der Waals surface area (Å²) in [6, 6.07) is 8.33. The largest absolute Gasteiger partial charge is 0.380 e. The SMILES string of the molecule is C=CCCCCCN(C)C(=NC)NCc1ccccc1COC.I. The second-order valence-corrected chi connectivity index (χ2v) is 5.66. The molecule has 136 valence electrons. The summed E-state index contributed by atoms with van der Waals surface area (Å²) in [6.45, 7) is 6.16. The minimum absolute atomic E-state index is 0. The van der Waals surface area contributed by atoms with Gasteiger partial charge in [0.2, 0.25) is 0 Å². The molecule has 1 aromatic carbocycles. The van der Waals surface area contributed by atoms with Crippen LogP contribution in [0.1, 0.15) is 36.8 Å². The third-order valence-corrected chi connectivity index (χ3v) is 3.83. The highest BCUT2D eigenvalue weighted by molar-refractivity contribution is 14.0.